The summed E-state index contributed by atoms with van der Waals surface area (Å²) in [5.74, 6) is 0.804. The Morgan fingerprint density at radius 1 is 1.41 bits per heavy atom. The summed E-state index contributed by atoms with van der Waals surface area (Å²) in [6.45, 7) is 9.09. The van der Waals surface area contributed by atoms with Crippen molar-refractivity contribution >= 4 is 5.91 Å². The molecule has 1 amide bonds. The van der Waals surface area contributed by atoms with Gasteiger partial charge in [0, 0.05) is 13.7 Å². The summed E-state index contributed by atoms with van der Waals surface area (Å²) < 4.78 is 5.26. The van der Waals surface area contributed by atoms with Gasteiger partial charge in [0.05, 0.1) is 18.3 Å². The summed E-state index contributed by atoms with van der Waals surface area (Å²) in [6.07, 6.45) is 2.11. The number of hydrogen-bond acceptors (Lipinski definition) is 3. The van der Waals surface area contributed by atoms with Crippen molar-refractivity contribution in [2.45, 2.75) is 58.8 Å². The van der Waals surface area contributed by atoms with Crippen molar-refractivity contribution in [3.8, 4) is 0 Å². The minimum absolute atomic E-state index is 0.0113. The number of ether oxygens (including phenoxy) is 1. The maximum Gasteiger partial charge on any atom is 0.241 e. The molecule has 3 unspecified atom stereocenters. The normalized spacial score (nSPS) is 26.9. The second kappa shape index (κ2) is 6.36. The van der Waals surface area contributed by atoms with Crippen LogP contribution in [0.3, 0.4) is 0 Å². The van der Waals surface area contributed by atoms with Gasteiger partial charge in [0.25, 0.3) is 0 Å². The molecule has 1 aliphatic rings. The predicted octanol–water partition coefficient (Wildman–Crippen LogP) is 1.60. The van der Waals surface area contributed by atoms with E-state index in [1.807, 2.05) is 18.7 Å². The van der Waals surface area contributed by atoms with Gasteiger partial charge in [0.15, 0.2) is 0 Å². The highest BCUT2D eigenvalue weighted by Gasteiger charge is 2.38. The van der Waals surface area contributed by atoms with E-state index in [-0.39, 0.29) is 24.2 Å². The zero-order valence-electron chi connectivity index (χ0n) is 11.7. The lowest BCUT2D eigenvalue weighted by atomic mass is 10.1. The fourth-order valence-corrected chi connectivity index (χ4v) is 2.25. The van der Waals surface area contributed by atoms with Crippen LogP contribution in [0.2, 0.25) is 0 Å². The second-order valence-electron chi connectivity index (χ2n) is 5.31. The maximum absolute atomic E-state index is 12.2. The van der Waals surface area contributed by atoms with E-state index in [0.29, 0.717) is 12.5 Å². The molecule has 0 radical (unpaired) electrons. The SMILES string of the molecule is CCC1NC(CC(C)C)N(CC(C)OC)C1=O. The molecule has 1 N–H and O–H groups in total. The van der Waals surface area contributed by atoms with E-state index < -0.39 is 0 Å². The number of rotatable bonds is 6. The van der Waals surface area contributed by atoms with Crippen molar-refractivity contribution in [3.05, 3.63) is 0 Å². The third kappa shape index (κ3) is 3.68. The van der Waals surface area contributed by atoms with Crippen LogP contribution in [0.25, 0.3) is 0 Å². The lowest BCUT2D eigenvalue weighted by molar-refractivity contribution is -0.131. The molecule has 0 aromatic carbocycles. The third-order valence-electron chi connectivity index (χ3n) is 3.31. The zero-order valence-corrected chi connectivity index (χ0v) is 11.7. The summed E-state index contributed by atoms with van der Waals surface area (Å²) in [6, 6.07) is -0.0113. The van der Waals surface area contributed by atoms with Crippen LogP contribution in [0.15, 0.2) is 0 Å². The number of amides is 1. The first kappa shape index (κ1) is 14.5. The third-order valence-corrected chi connectivity index (χ3v) is 3.31. The van der Waals surface area contributed by atoms with Crippen molar-refractivity contribution in [2.75, 3.05) is 13.7 Å². The van der Waals surface area contributed by atoms with Gasteiger partial charge in [-0.2, -0.15) is 0 Å². The van der Waals surface area contributed by atoms with E-state index in [1.54, 1.807) is 7.11 Å². The molecule has 0 saturated carbocycles. The largest absolute Gasteiger partial charge is 0.380 e. The second-order valence-corrected chi connectivity index (χ2v) is 5.31. The Morgan fingerprint density at radius 2 is 2.06 bits per heavy atom. The molecule has 4 nitrogen and oxygen atoms in total. The average molecular weight is 242 g/mol. The van der Waals surface area contributed by atoms with Crippen molar-refractivity contribution in [2.24, 2.45) is 5.92 Å². The van der Waals surface area contributed by atoms with Crippen LogP contribution in [0.4, 0.5) is 0 Å². The molecule has 17 heavy (non-hydrogen) atoms. The average Bonchev–Trinajstić information content (AvgIpc) is 2.56. The molecule has 0 aromatic heterocycles. The molecule has 0 aromatic rings. The summed E-state index contributed by atoms with van der Waals surface area (Å²) in [7, 11) is 1.69. The molecule has 1 heterocycles. The van der Waals surface area contributed by atoms with E-state index in [4.69, 9.17) is 4.74 Å². The zero-order chi connectivity index (χ0) is 13.0. The van der Waals surface area contributed by atoms with Crippen LogP contribution in [-0.4, -0.2) is 42.8 Å². The first-order valence-corrected chi connectivity index (χ1v) is 6.58. The molecular weight excluding hydrogens is 216 g/mol. The van der Waals surface area contributed by atoms with Crippen LogP contribution < -0.4 is 5.32 Å². The minimum Gasteiger partial charge on any atom is -0.380 e. The Hall–Kier alpha value is -0.610. The van der Waals surface area contributed by atoms with Crippen LogP contribution in [0.5, 0.6) is 0 Å². The smallest absolute Gasteiger partial charge is 0.241 e. The molecule has 4 heteroatoms. The van der Waals surface area contributed by atoms with Gasteiger partial charge in [0.1, 0.15) is 0 Å². The van der Waals surface area contributed by atoms with Crippen LogP contribution in [0, 0.1) is 5.92 Å². The highest BCUT2D eigenvalue weighted by Crippen LogP contribution is 2.19. The number of carbonyl (C=O) groups is 1. The van der Waals surface area contributed by atoms with Gasteiger partial charge in [-0.3, -0.25) is 10.1 Å². The lowest BCUT2D eigenvalue weighted by Crippen LogP contribution is -2.42. The maximum atomic E-state index is 12.2. The van der Waals surface area contributed by atoms with Crippen molar-refractivity contribution < 1.29 is 9.53 Å². The quantitative estimate of drug-likeness (QED) is 0.769. The Balaban J connectivity index is 2.69. The molecule has 1 fully saturated rings. The van der Waals surface area contributed by atoms with Gasteiger partial charge in [-0.1, -0.05) is 20.8 Å². The fraction of sp³-hybridized carbons (Fsp3) is 0.923. The molecule has 1 saturated heterocycles. The number of hydrogen-bond donors (Lipinski definition) is 1. The van der Waals surface area contributed by atoms with Crippen molar-refractivity contribution in [1.82, 2.24) is 10.2 Å². The van der Waals surface area contributed by atoms with Crippen LogP contribution in [-0.2, 0) is 9.53 Å². The van der Waals surface area contributed by atoms with Crippen molar-refractivity contribution in [1.29, 1.82) is 0 Å². The Bertz CT molecular complexity index is 256. The van der Waals surface area contributed by atoms with Crippen molar-refractivity contribution in [3.63, 3.8) is 0 Å². The van der Waals surface area contributed by atoms with Gasteiger partial charge in [-0.05, 0) is 25.7 Å². The van der Waals surface area contributed by atoms with Crippen LogP contribution >= 0.6 is 0 Å². The Labute approximate surface area is 105 Å². The number of methoxy groups -OCH3 is 1. The lowest BCUT2D eigenvalue weighted by Gasteiger charge is -2.27. The monoisotopic (exact) mass is 242 g/mol. The molecule has 0 bridgehead atoms. The highest BCUT2D eigenvalue weighted by molar-refractivity contribution is 5.84. The summed E-state index contributed by atoms with van der Waals surface area (Å²) >= 11 is 0. The van der Waals surface area contributed by atoms with Gasteiger partial charge in [0.2, 0.25) is 5.91 Å². The molecule has 3 atom stereocenters. The summed E-state index contributed by atoms with van der Waals surface area (Å²) in [4.78, 5) is 14.1. The minimum atomic E-state index is -0.0113. The van der Waals surface area contributed by atoms with Gasteiger partial charge < -0.3 is 9.64 Å². The first-order valence-electron chi connectivity index (χ1n) is 6.58. The molecule has 1 aliphatic heterocycles. The molecule has 100 valence electrons. The standard InChI is InChI=1S/C13H26N2O2/c1-6-11-13(16)15(8-10(4)17-5)12(14-11)7-9(2)3/h9-12,14H,6-8H2,1-5H3. The molecule has 0 aliphatic carbocycles. The van der Waals surface area contributed by atoms with Crippen LogP contribution in [0.1, 0.15) is 40.5 Å². The molecular formula is C13H26N2O2. The Morgan fingerprint density at radius 3 is 2.53 bits per heavy atom. The number of nitrogens with zero attached hydrogens (tertiary/aromatic N) is 1. The van der Waals surface area contributed by atoms with E-state index >= 15 is 0 Å². The van der Waals surface area contributed by atoms with Gasteiger partial charge in [-0.15, -0.1) is 0 Å². The Kier molecular flexibility index (Phi) is 5.40. The van der Waals surface area contributed by atoms with E-state index in [1.165, 1.54) is 0 Å². The summed E-state index contributed by atoms with van der Waals surface area (Å²) in [5.41, 5.74) is 0. The van der Waals surface area contributed by atoms with Gasteiger partial charge in [-0.25, -0.2) is 0 Å². The van der Waals surface area contributed by atoms with Gasteiger partial charge >= 0.3 is 0 Å². The summed E-state index contributed by atoms with van der Waals surface area (Å²) in [5, 5.41) is 3.42. The molecule has 0 spiro atoms. The topological polar surface area (TPSA) is 41.6 Å². The first-order chi connectivity index (χ1) is 7.99. The van der Waals surface area contributed by atoms with E-state index in [9.17, 15) is 4.79 Å². The predicted molar refractivity (Wildman–Crippen MR) is 68.6 cm³/mol. The van der Waals surface area contributed by atoms with E-state index in [0.717, 1.165) is 12.8 Å². The fourth-order valence-electron chi connectivity index (χ4n) is 2.25. The number of carbonyl (C=O) groups excluding carboxylic acids is 1. The van der Waals surface area contributed by atoms with E-state index in [2.05, 4.69) is 19.2 Å². The number of nitrogens with one attached hydrogen (secondary N) is 1. The highest BCUT2D eigenvalue weighted by atomic mass is 16.5. The molecule has 1 rings (SSSR count).